The lowest BCUT2D eigenvalue weighted by Crippen LogP contribution is -2.40. The lowest BCUT2D eigenvalue weighted by atomic mass is 9.84. The van der Waals surface area contributed by atoms with Gasteiger partial charge in [0.2, 0.25) is 5.91 Å². The second kappa shape index (κ2) is 5.36. The Balaban J connectivity index is 2.12. The van der Waals surface area contributed by atoms with Crippen molar-refractivity contribution in [2.45, 2.75) is 27.2 Å². The Labute approximate surface area is 126 Å². The largest absolute Gasteiger partial charge is 0.281 e. The van der Waals surface area contributed by atoms with Gasteiger partial charge in [-0.1, -0.05) is 49.7 Å². The van der Waals surface area contributed by atoms with Gasteiger partial charge in [0.15, 0.2) is 0 Å². The van der Waals surface area contributed by atoms with Crippen LogP contribution in [-0.4, -0.2) is 5.91 Å². The number of amides is 1. The van der Waals surface area contributed by atoms with Crippen molar-refractivity contribution in [3.8, 4) is 0 Å². The number of para-hydroxylation sites is 1. The molecule has 2 heteroatoms. The number of aryl methyl sites for hydroxylation is 1. The molecular weight excluding hydrogens is 258 g/mol. The number of rotatable bonds is 2. The van der Waals surface area contributed by atoms with Gasteiger partial charge >= 0.3 is 0 Å². The molecule has 108 valence electrons. The minimum Gasteiger partial charge on any atom is -0.281 e. The van der Waals surface area contributed by atoms with Crippen LogP contribution in [0.4, 0.5) is 11.4 Å². The van der Waals surface area contributed by atoms with E-state index in [9.17, 15) is 4.79 Å². The van der Waals surface area contributed by atoms with Crippen LogP contribution in [-0.2, 0) is 11.2 Å². The number of benzene rings is 2. The van der Waals surface area contributed by atoms with Gasteiger partial charge in [0.1, 0.15) is 0 Å². The maximum atomic E-state index is 12.9. The van der Waals surface area contributed by atoms with Crippen LogP contribution < -0.4 is 4.90 Å². The third-order valence-electron chi connectivity index (χ3n) is 4.31. The van der Waals surface area contributed by atoms with E-state index in [1.165, 1.54) is 11.1 Å². The van der Waals surface area contributed by atoms with Crippen LogP contribution >= 0.6 is 0 Å². The van der Waals surface area contributed by atoms with Gasteiger partial charge < -0.3 is 0 Å². The van der Waals surface area contributed by atoms with Crippen molar-refractivity contribution in [2.24, 2.45) is 11.8 Å². The summed E-state index contributed by atoms with van der Waals surface area (Å²) in [5, 5.41) is 0. The highest BCUT2D eigenvalue weighted by Crippen LogP contribution is 2.38. The molecule has 2 aromatic rings. The first-order chi connectivity index (χ1) is 10.1. The Morgan fingerprint density at radius 2 is 1.71 bits per heavy atom. The Bertz CT molecular complexity index is 658. The van der Waals surface area contributed by atoms with E-state index in [2.05, 4.69) is 45.0 Å². The number of carbonyl (C=O) groups excluding carboxylic acids is 1. The third-order valence-corrected chi connectivity index (χ3v) is 4.31. The molecule has 1 aliphatic rings. The molecule has 0 spiro atoms. The van der Waals surface area contributed by atoms with E-state index in [1.807, 2.05) is 29.2 Å². The Morgan fingerprint density at radius 3 is 2.38 bits per heavy atom. The molecule has 1 atom stereocenters. The predicted octanol–water partition coefficient (Wildman–Crippen LogP) is 4.49. The topological polar surface area (TPSA) is 20.3 Å². The van der Waals surface area contributed by atoms with Crippen LogP contribution in [0.15, 0.2) is 48.5 Å². The molecule has 0 saturated carbocycles. The van der Waals surface area contributed by atoms with Crippen molar-refractivity contribution in [2.75, 3.05) is 4.90 Å². The predicted molar refractivity (Wildman–Crippen MR) is 86.8 cm³/mol. The van der Waals surface area contributed by atoms with Gasteiger partial charge in [0.25, 0.3) is 0 Å². The zero-order valence-electron chi connectivity index (χ0n) is 12.8. The van der Waals surface area contributed by atoms with Gasteiger partial charge in [0.05, 0.1) is 5.69 Å². The number of hydrogen-bond donors (Lipinski definition) is 0. The summed E-state index contributed by atoms with van der Waals surface area (Å²) >= 11 is 0. The molecule has 2 nitrogen and oxygen atoms in total. The van der Waals surface area contributed by atoms with E-state index in [0.717, 1.165) is 17.8 Å². The molecular formula is C19H21NO. The first-order valence-corrected chi connectivity index (χ1v) is 7.56. The van der Waals surface area contributed by atoms with Crippen LogP contribution in [0.25, 0.3) is 0 Å². The summed E-state index contributed by atoms with van der Waals surface area (Å²) in [5.41, 5.74) is 4.46. The SMILES string of the molecule is Cc1ccc(N2C(=O)C(C(C)C)Cc3ccccc32)cc1. The summed E-state index contributed by atoms with van der Waals surface area (Å²) in [7, 11) is 0. The number of anilines is 2. The van der Waals surface area contributed by atoms with E-state index >= 15 is 0 Å². The molecule has 1 amide bonds. The molecule has 0 bridgehead atoms. The van der Waals surface area contributed by atoms with Gasteiger partial charge in [-0.2, -0.15) is 0 Å². The zero-order valence-corrected chi connectivity index (χ0v) is 12.8. The van der Waals surface area contributed by atoms with Crippen LogP contribution in [0, 0.1) is 18.8 Å². The van der Waals surface area contributed by atoms with E-state index in [0.29, 0.717) is 5.92 Å². The standard InChI is InChI=1S/C19H21NO/c1-13(2)17-12-15-6-4-5-7-18(15)20(19(17)21)16-10-8-14(3)9-11-16/h4-11,13,17H,12H2,1-3H3. The van der Waals surface area contributed by atoms with Crippen molar-refractivity contribution in [3.63, 3.8) is 0 Å². The van der Waals surface area contributed by atoms with E-state index in [-0.39, 0.29) is 11.8 Å². The smallest absolute Gasteiger partial charge is 0.235 e. The average Bonchev–Trinajstić information content (AvgIpc) is 2.48. The summed E-state index contributed by atoms with van der Waals surface area (Å²) < 4.78 is 0. The van der Waals surface area contributed by atoms with Crippen LogP contribution in [0.2, 0.25) is 0 Å². The van der Waals surface area contributed by atoms with E-state index < -0.39 is 0 Å². The normalized spacial score (nSPS) is 18.0. The molecule has 0 fully saturated rings. The maximum absolute atomic E-state index is 12.9. The molecule has 2 aromatic carbocycles. The lowest BCUT2D eigenvalue weighted by Gasteiger charge is -2.36. The van der Waals surface area contributed by atoms with Gasteiger partial charge in [0, 0.05) is 11.6 Å². The van der Waals surface area contributed by atoms with Gasteiger partial charge in [-0.3, -0.25) is 9.69 Å². The van der Waals surface area contributed by atoms with Crippen molar-refractivity contribution in [3.05, 3.63) is 59.7 Å². The molecule has 0 saturated heterocycles. The second-order valence-electron chi connectivity index (χ2n) is 6.19. The van der Waals surface area contributed by atoms with Crippen LogP contribution in [0.1, 0.15) is 25.0 Å². The Kier molecular flexibility index (Phi) is 3.54. The number of carbonyl (C=O) groups is 1. The average molecular weight is 279 g/mol. The van der Waals surface area contributed by atoms with Crippen molar-refractivity contribution < 1.29 is 4.79 Å². The molecule has 1 unspecified atom stereocenters. The third kappa shape index (κ3) is 2.46. The van der Waals surface area contributed by atoms with Gasteiger partial charge in [-0.25, -0.2) is 0 Å². The van der Waals surface area contributed by atoms with E-state index in [4.69, 9.17) is 0 Å². The molecule has 0 aliphatic carbocycles. The van der Waals surface area contributed by atoms with Crippen LogP contribution in [0.5, 0.6) is 0 Å². The molecule has 3 rings (SSSR count). The highest BCUT2D eigenvalue weighted by Gasteiger charge is 2.35. The molecule has 1 aliphatic heterocycles. The van der Waals surface area contributed by atoms with Gasteiger partial charge in [-0.15, -0.1) is 0 Å². The summed E-state index contributed by atoms with van der Waals surface area (Å²) in [4.78, 5) is 14.8. The fourth-order valence-electron chi connectivity index (χ4n) is 2.99. The number of hydrogen-bond acceptors (Lipinski definition) is 1. The zero-order chi connectivity index (χ0) is 15.0. The Morgan fingerprint density at radius 1 is 1.05 bits per heavy atom. The Hall–Kier alpha value is -2.09. The number of nitrogens with zero attached hydrogens (tertiary/aromatic N) is 1. The highest BCUT2D eigenvalue weighted by molar-refractivity contribution is 6.04. The minimum absolute atomic E-state index is 0.0567. The van der Waals surface area contributed by atoms with E-state index in [1.54, 1.807) is 0 Å². The summed E-state index contributed by atoms with van der Waals surface area (Å²) in [6.45, 7) is 6.32. The quantitative estimate of drug-likeness (QED) is 0.793. The van der Waals surface area contributed by atoms with Gasteiger partial charge in [-0.05, 0) is 43.0 Å². The molecule has 0 N–H and O–H groups in total. The summed E-state index contributed by atoms with van der Waals surface area (Å²) in [6, 6.07) is 16.4. The number of fused-ring (bicyclic) bond motifs is 1. The maximum Gasteiger partial charge on any atom is 0.235 e. The highest BCUT2D eigenvalue weighted by atomic mass is 16.2. The summed E-state index contributed by atoms with van der Waals surface area (Å²) in [5.74, 6) is 0.618. The molecule has 0 radical (unpaired) electrons. The first kappa shape index (κ1) is 13.9. The fourth-order valence-corrected chi connectivity index (χ4v) is 2.99. The second-order valence-corrected chi connectivity index (χ2v) is 6.19. The minimum atomic E-state index is 0.0567. The molecule has 1 heterocycles. The fraction of sp³-hybridized carbons (Fsp3) is 0.316. The summed E-state index contributed by atoms with van der Waals surface area (Å²) in [6.07, 6.45) is 0.842. The van der Waals surface area contributed by atoms with Crippen molar-refractivity contribution in [1.82, 2.24) is 0 Å². The first-order valence-electron chi connectivity index (χ1n) is 7.56. The van der Waals surface area contributed by atoms with Crippen LogP contribution in [0.3, 0.4) is 0 Å². The monoisotopic (exact) mass is 279 g/mol. The molecule has 21 heavy (non-hydrogen) atoms. The van der Waals surface area contributed by atoms with Crippen molar-refractivity contribution >= 4 is 17.3 Å². The lowest BCUT2D eigenvalue weighted by molar-refractivity contribution is -0.123. The molecule has 0 aromatic heterocycles. The van der Waals surface area contributed by atoms with Crippen molar-refractivity contribution in [1.29, 1.82) is 0 Å².